The smallest absolute Gasteiger partial charge is 0.321 e. The summed E-state index contributed by atoms with van der Waals surface area (Å²) in [5.74, 6) is 1.34. The van der Waals surface area contributed by atoms with Crippen LogP contribution in [0.1, 0.15) is 5.56 Å². The van der Waals surface area contributed by atoms with Gasteiger partial charge in [-0.15, -0.1) is 0 Å². The van der Waals surface area contributed by atoms with Crippen LogP contribution in [-0.2, 0) is 6.54 Å². The summed E-state index contributed by atoms with van der Waals surface area (Å²) in [7, 11) is 0. The zero-order chi connectivity index (χ0) is 21.6. The quantitative estimate of drug-likeness (QED) is 0.502. The third kappa shape index (κ3) is 6.14. The number of ether oxygens (including phenoxy) is 1. The van der Waals surface area contributed by atoms with Gasteiger partial charge in [0, 0.05) is 48.5 Å². The number of carbonyl (C=O) groups is 1. The molecule has 1 fully saturated rings. The van der Waals surface area contributed by atoms with Gasteiger partial charge in [-0.25, -0.2) is 4.79 Å². The fourth-order valence-corrected chi connectivity index (χ4v) is 4.03. The van der Waals surface area contributed by atoms with Crippen LogP contribution >= 0.6 is 23.2 Å². The molecule has 7 heteroatoms. The number of piperazine rings is 1. The monoisotopic (exact) mass is 455 g/mol. The first-order chi connectivity index (χ1) is 15.0. The van der Waals surface area contributed by atoms with E-state index in [-0.39, 0.29) is 6.03 Å². The molecule has 0 unspecified atom stereocenters. The van der Waals surface area contributed by atoms with E-state index in [1.165, 1.54) is 0 Å². The zero-order valence-corrected chi connectivity index (χ0v) is 18.4. The predicted molar refractivity (Wildman–Crippen MR) is 125 cm³/mol. The average Bonchev–Trinajstić information content (AvgIpc) is 2.74. The number of hydrogen-bond donors (Lipinski definition) is 1. The molecule has 1 saturated heterocycles. The number of amides is 2. The molecular formula is C24H23Cl2N3O2. The summed E-state index contributed by atoms with van der Waals surface area (Å²) in [6.07, 6.45) is 0. The first-order valence-corrected chi connectivity index (χ1v) is 10.9. The average molecular weight is 456 g/mol. The second-order valence-corrected chi connectivity index (χ2v) is 8.29. The summed E-state index contributed by atoms with van der Waals surface area (Å²) >= 11 is 12.1. The molecule has 2 amide bonds. The Kier molecular flexibility index (Phi) is 6.97. The van der Waals surface area contributed by atoms with Crippen molar-refractivity contribution < 1.29 is 9.53 Å². The summed E-state index contributed by atoms with van der Waals surface area (Å²) in [6, 6.07) is 22.6. The van der Waals surface area contributed by atoms with Crippen LogP contribution in [0, 0.1) is 0 Å². The summed E-state index contributed by atoms with van der Waals surface area (Å²) < 4.78 is 5.93. The minimum Gasteiger partial charge on any atom is -0.457 e. The molecule has 0 bridgehead atoms. The van der Waals surface area contributed by atoms with Crippen molar-refractivity contribution in [2.45, 2.75) is 6.54 Å². The van der Waals surface area contributed by atoms with E-state index in [0.29, 0.717) is 28.9 Å². The lowest BCUT2D eigenvalue weighted by Crippen LogP contribution is -2.49. The van der Waals surface area contributed by atoms with Gasteiger partial charge in [0.25, 0.3) is 0 Å². The largest absolute Gasteiger partial charge is 0.457 e. The van der Waals surface area contributed by atoms with Gasteiger partial charge in [-0.1, -0.05) is 53.5 Å². The zero-order valence-electron chi connectivity index (χ0n) is 16.9. The van der Waals surface area contributed by atoms with E-state index in [4.69, 9.17) is 27.9 Å². The molecule has 1 N–H and O–H groups in total. The highest BCUT2D eigenvalue weighted by atomic mass is 35.5. The van der Waals surface area contributed by atoms with Gasteiger partial charge in [0.2, 0.25) is 0 Å². The molecule has 0 aliphatic carbocycles. The van der Waals surface area contributed by atoms with Crippen LogP contribution in [0.3, 0.4) is 0 Å². The lowest BCUT2D eigenvalue weighted by Gasteiger charge is -2.34. The maximum atomic E-state index is 12.5. The lowest BCUT2D eigenvalue weighted by molar-refractivity contribution is 0.143. The van der Waals surface area contributed by atoms with Gasteiger partial charge in [-0.05, 0) is 48.0 Å². The Morgan fingerprint density at radius 3 is 2.26 bits per heavy atom. The Balaban J connectivity index is 1.30. The lowest BCUT2D eigenvalue weighted by atomic mass is 10.2. The normalized spacial score (nSPS) is 14.3. The highest BCUT2D eigenvalue weighted by Gasteiger charge is 2.21. The molecule has 31 heavy (non-hydrogen) atoms. The summed E-state index contributed by atoms with van der Waals surface area (Å²) in [6.45, 7) is 3.81. The highest BCUT2D eigenvalue weighted by Crippen LogP contribution is 2.29. The Bertz CT molecular complexity index is 1020. The minimum atomic E-state index is -0.0542. The van der Waals surface area contributed by atoms with Crippen molar-refractivity contribution in [2.24, 2.45) is 0 Å². The number of nitrogens with one attached hydrogen (secondary N) is 1. The molecule has 0 radical (unpaired) electrons. The van der Waals surface area contributed by atoms with E-state index in [1.54, 1.807) is 18.2 Å². The Morgan fingerprint density at radius 2 is 1.55 bits per heavy atom. The van der Waals surface area contributed by atoms with Crippen LogP contribution < -0.4 is 10.1 Å². The van der Waals surface area contributed by atoms with Crippen molar-refractivity contribution in [1.82, 2.24) is 9.80 Å². The van der Waals surface area contributed by atoms with Crippen LogP contribution in [-0.4, -0.2) is 42.0 Å². The molecular weight excluding hydrogens is 433 g/mol. The van der Waals surface area contributed by atoms with Crippen molar-refractivity contribution in [3.63, 3.8) is 0 Å². The SMILES string of the molecule is O=C(Nc1ccccc1)N1CCN(Cc2cccc(Oc3cc(Cl)cc(Cl)c3)c2)CC1. The van der Waals surface area contributed by atoms with Gasteiger partial charge in [0.05, 0.1) is 0 Å². The number of urea groups is 1. The number of nitrogens with zero attached hydrogens (tertiary/aromatic N) is 2. The van der Waals surface area contributed by atoms with E-state index in [1.807, 2.05) is 53.4 Å². The summed E-state index contributed by atoms with van der Waals surface area (Å²) in [5.41, 5.74) is 1.96. The van der Waals surface area contributed by atoms with Crippen molar-refractivity contribution in [1.29, 1.82) is 0 Å². The van der Waals surface area contributed by atoms with E-state index < -0.39 is 0 Å². The molecule has 1 aliphatic heterocycles. The molecule has 4 rings (SSSR count). The molecule has 3 aromatic carbocycles. The van der Waals surface area contributed by atoms with Gasteiger partial charge in [0.1, 0.15) is 11.5 Å². The van der Waals surface area contributed by atoms with E-state index >= 15 is 0 Å². The molecule has 5 nitrogen and oxygen atoms in total. The minimum absolute atomic E-state index is 0.0542. The van der Waals surface area contributed by atoms with Crippen LogP contribution in [0.5, 0.6) is 11.5 Å². The second kappa shape index (κ2) is 10.1. The molecule has 0 aromatic heterocycles. The van der Waals surface area contributed by atoms with E-state index in [9.17, 15) is 4.79 Å². The van der Waals surface area contributed by atoms with Gasteiger partial charge in [-0.3, -0.25) is 4.90 Å². The van der Waals surface area contributed by atoms with Crippen molar-refractivity contribution in [2.75, 3.05) is 31.5 Å². The van der Waals surface area contributed by atoms with Crippen molar-refractivity contribution in [3.05, 3.63) is 88.4 Å². The van der Waals surface area contributed by atoms with Crippen LogP contribution in [0.4, 0.5) is 10.5 Å². The number of rotatable bonds is 5. The number of halogens is 2. The molecule has 3 aromatic rings. The predicted octanol–water partition coefficient (Wildman–Crippen LogP) is 6.14. The topological polar surface area (TPSA) is 44.8 Å². The van der Waals surface area contributed by atoms with Gasteiger partial charge < -0.3 is 15.0 Å². The number of carbonyl (C=O) groups excluding carboxylic acids is 1. The molecule has 0 atom stereocenters. The molecule has 1 heterocycles. The van der Waals surface area contributed by atoms with Crippen molar-refractivity contribution in [3.8, 4) is 11.5 Å². The first kappa shape index (κ1) is 21.5. The third-order valence-corrected chi connectivity index (χ3v) is 5.50. The Morgan fingerprint density at radius 1 is 0.839 bits per heavy atom. The Hall–Kier alpha value is -2.73. The number of benzene rings is 3. The van der Waals surface area contributed by atoms with Crippen LogP contribution in [0.15, 0.2) is 72.8 Å². The number of anilines is 1. The molecule has 160 valence electrons. The van der Waals surface area contributed by atoms with E-state index in [0.717, 1.165) is 36.6 Å². The van der Waals surface area contributed by atoms with Gasteiger partial charge in [0.15, 0.2) is 0 Å². The second-order valence-electron chi connectivity index (χ2n) is 7.41. The standard InChI is InChI=1S/C24H23Cl2N3O2/c25-19-14-20(26)16-23(15-19)31-22-8-4-5-18(13-22)17-28-9-11-29(12-10-28)24(30)27-21-6-2-1-3-7-21/h1-8,13-16H,9-12,17H2,(H,27,30). The highest BCUT2D eigenvalue weighted by molar-refractivity contribution is 6.34. The third-order valence-electron chi connectivity index (χ3n) is 5.06. The maximum Gasteiger partial charge on any atom is 0.321 e. The summed E-state index contributed by atoms with van der Waals surface area (Å²) in [5, 5.41) is 4.02. The first-order valence-electron chi connectivity index (χ1n) is 10.1. The van der Waals surface area contributed by atoms with E-state index in [2.05, 4.69) is 16.3 Å². The molecule has 0 spiro atoms. The van der Waals surface area contributed by atoms with Crippen LogP contribution in [0.2, 0.25) is 10.0 Å². The fourth-order valence-electron chi connectivity index (χ4n) is 3.52. The Labute approximate surface area is 192 Å². The number of para-hydroxylation sites is 1. The molecule has 1 aliphatic rings. The maximum absolute atomic E-state index is 12.5. The van der Waals surface area contributed by atoms with Gasteiger partial charge in [-0.2, -0.15) is 0 Å². The summed E-state index contributed by atoms with van der Waals surface area (Å²) in [4.78, 5) is 16.6. The van der Waals surface area contributed by atoms with Crippen LogP contribution in [0.25, 0.3) is 0 Å². The van der Waals surface area contributed by atoms with Crippen molar-refractivity contribution >= 4 is 34.9 Å². The number of hydrogen-bond acceptors (Lipinski definition) is 3. The van der Waals surface area contributed by atoms with Gasteiger partial charge >= 0.3 is 6.03 Å². The fraction of sp³-hybridized carbons (Fsp3) is 0.208. The molecule has 0 saturated carbocycles.